The minimum absolute atomic E-state index is 0.00499. The van der Waals surface area contributed by atoms with Crippen molar-refractivity contribution in [3.05, 3.63) is 32.8 Å². The number of rotatable bonds is 6. The predicted octanol–water partition coefficient (Wildman–Crippen LogP) is 3.12. The molecule has 0 atom stereocenters. The molecule has 0 bridgehead atoms. The lowest BCUT2D eigenvalue weighted by atomic mass is 10.3. The molecule has 2 rings (SSSR count). The number of hydrogen-bond donors (Lipinski definition) is 0. The first-order valence-electron chi connectivity index (χ1n) is 5.31. The van der Waals surface area contributed by atoms with Gasteiger partial charge < -0.3 is 9.47 Å². The minimum atomic E-state index is -0.454. The fraction of sp³-hybridized carbons (Fsp3) is 0.455. The second-order valence-corrected chi connectivity index (χ2v) is 4.80. The lowest BCUT2D eigenvalue weighted by Gasteiger charge is -2.08. The molecular weight excluding hydrogens is 290 g/mol. The highest BCUT2D eigenvalue weighted by atomic mass is 79.9. The van der Waals surface area contributed by atoms with Gasteiger partial charge in [0.2, 0.25) is 0 Å². The number of nitro benzene ring substituents is 1. The molecule has 1 aliphatic rings. The Balaban J connectivity index is 1.88. The molecule has 1 saturated carbocycles. The van der Waals surface area contributed by atoms with Crippen LogP contribution in [0.2, 0.25) is 0 Å². The average Bonchev–Trinajstić information content (AvgIpc) is 3.10. The van der Waals surface area contributed by atoms with Crippen LogP contribution in [0.1, 0.15) is 12.8 Å². The van der Waals surface area contributed by atoms with Gasteiger partial charge in [0.15, 0.2) is 6.79 Å². The second kappa shape index (κ2) is 5.46. The Hall–Kier alpha value is -1.14. The van der Waals surface area contributed by atoms with E-state index < -0.39 is 4.92 Å². The van der Waals surface area contributed by atoms with E-state index in [2.05, 4.69) is 15.9 Å². The smallest absolute Gasteiger partial charge is 0.273 e. The van der Waals surface area contributed by atoms with Gasteiger partial charge in [-0.15, -0.1) is 0 Å². The van der Waals surface area contributed by atoms with Crippen molar-refractivity contribution in [2.75, 3.05) is 13.4 Å². The fourth-order valence-electron chi connectivity index (χ4n) is 1.32. The van der Waals surface area contributed by atoms with Crippen LogP contribution in [0, 0.1) is 16.0 Å². The summed E-state index contributed by atoms with van der Waals surface area (Å²) in [5.74, 6) is 1.10. The highest BCUT2D eigenvalue weighted by molar-refractivity contribution is 9.10. The van der Waals surface area contributed by atoms with Gasteiger partial charge in [0.1, 0.15) is 5.75 Å². The molecule has 0 spiro atoms. The quantitative estimate of drug-likeness (QED) is 0.350. The van der Waals surface area contributed by atoms with E-state index >= 15 is 0 Å². The van der Waals surface area contributed by atoms with Gasteiger partial charge in [-0.2, -0.15) is 0 Å². The Morgan fingerprint density at radius 2 is 2.24 bits per heavy atom. The molecular formula is C11H12BrNO4. The first-order valence-corrected chi connectivity index (χ1v) is 6.10. The normalized spacial score (nSPS) is 14.6. The molecule has 6 heteroatoms. The number of nitro groups is 1. The summed E-state index contributed by atoms with van der Waals surface area (Å²) < 4.78 is 11.3. The number of nitrogens with zero attached hydrogens (tertiary/aromatic N) is 1. The average molecular weight is 302 g/mol. The van der Waals surface area contributed by atoms with Crippen LogP contribution in [0.25, 0.3) is 0 Å². The summed E-state index contributed by atoms with van der Waals surface area (Å²) in [5, 5.41) is 10.6. The molecule has 5 nitrogen and oxygen atoms in total. The molecule has 0 heterocycles. The molecule has 0 radical (unpaired) electrons. The fourth-order valence-corrected chi connectivity index (χ4v) is 1.68. The number of non-ortho nitro benzene ring substituents is 1. The molecule has 1 aromatic rings. The molecule has 0 amide bonds. The number of hydrogen-bond acceptors (Lipinski definition) is 4. The van der Waals surface area contributed by atoms with Crippen molar-refractivity contribution < 1.29 is 14.4 Å². The maximum atomic E-state index is 10.6. The van der Waals surface area contributed by atoms with Crippen molar-refractivity contribution in [1.29, 1.82) is 0 Å². The Kier molecular flexibility index (Phi) is 3.96. The van der Waals surface area contributed by atoms with Crippen LogP contribution in [0.4, 0.5) is 5.69 Å². The van der Waals surface area contributed by atoms with Crippen molar-refractivity contribution in [3.8, 4) is 5.75 Å². The summed E-state index contributed by atoms with van der Waals surface area (Å²) in [4.78, 5) is 10.1. The first-order chi connectivity index (χ1) is 8.16. The molecule has 0 aromatic heterocycles. The Morgan fingerprint density at radius 1 is 1.47 bits per heavy atom. The van der Waals surface area contributed by atoms with E-state index in [1.807, 2.05) is 0 Å². The molecule has 0 saturated heterocycles. The first kappa shape index (κ1) is 12.3. The maximum Gasteiger partial charge on any atom is 0.273 e. The Bertz CT molecular complexity index is 420. The highest BCUT2D eigenvalue weighted by Crippen LogP contribution is 2.30. The monoisotopic (exact) mass is 301 g/mol. The van der Waals surface area contributed by atoms with Gasteiger partial charge in [-0.1, -0.05) is 0 Å². The molecule has 0 N–H and O–H groups in total. The third kappa shape index (κ3) is 3.67. The zero-order chi connectivity index (χ0) is 12.3. The van der Waals surface area contributed by atoms with Gasteiger partial charge in [0.05, 0.1) is 22.1 Å². The standard InChI is InChI=1S/C11H12BrNO4/c12-10-4-3-9(13(14)15)5-11(10)17-7-16-6-8-1-2-8/h3-5,8H,1-2,6-7H2. The summed E-state index contributed by atoms with van der Waals surface area (Å²) in [6, 6.07) is 4.39. The SMILES string of the molecule is O=[N+]([O-])c1ccc(Br)c(OCOCC2CC2)c1. The molecule has 1 aliphatic carbocycles. The van der Waals surface area contributed by atoms with Gasteiger partial charge in [-0.05, 0) is 40.8 Å². The molecule has 0 unspecified atom stereocenters. The van der Waals surface area contributed by atoms with Crippen molar-refractivity contribution in [2.24, 2.45) is 5.92 Å². The van der Waals surface area contributed by atoms with Crippen molar-refractivity contribution >= 4 is 21.6 Å². The van der Waals surface area contributed by atoms with Crippen molar-refractivity contribution in [1.82, 2.24) is 0 Å². The topological polar surface area (TPSA) is 61.6 Å². The summed E-state index contributed by atoms with van der Waals surface area (Å²) in [6.45, 7) is 0.822. The maximum absolute atomic E-state index is 10.6. The number of ether oxygens (including phenoxy) is 2. The lowest BCUT2D eigenvalue weighted by Crippen LogP contribution is -2.05. The third-order valence-corrected chi connectivity index (χ3v) is 3.13. The number of halogens is 1. The second-order valence-electron chi connectivity index (χ2n) is 3.95. The molecule has 92 valence electrons. The third-order valence-electron chi connectivity index (χ3n) is 2.47. The summed E-state index contributed by atoms with van der Waals surface area (Å²) >= 11 is 3.27. The lowest BCUT2D eigenvalue weighted by molar-refractivity contribution is -0.385. The van der Waals surface area contributed by atoms with Crippen LogP contribution in [-0.2, 0) is 4.74 Å². The minimum Gasteiger partial charge on any atom is -0.466 e. The summed E-state index contributed by atoms with van der Waals surface area (Å²) in [5.41, 5.74) is 0.00499. The van der Waals surface area contributed by atoms with Gasteiger partial charge in [0, 0.05) is 6.07 Å². The zero-order valence-electron chi connectivity index (χ0n) is 9.10. The number of benzene rings is 1. The molecule has 1 aromatic carbocycles. The molecule has 17 heavy (non-hydrogen) atoms. The summed E-state index contributed by atoms with van der Waals surface area (Å²) in [6.07, 6.45) is 2.45. The Morgan fingerprint density at radius 3 is 2.88 bits per heavy atom. The van der Waals surface area contributed by atoms with E-state index in [0.29, 0.717) is 22.7 Å². The van der Waals surface area contributed by atoms with Crippen LogP contribution in [0.15, 0.2) is 22.7 Å². The van der Waals surface area contributed by atoms with E-state index in [0.717, 1.165) is 0 Å². The van der Waals surface area contributed by atoms with Gasteiger partial charge in [-0.3, -0.25) is 10.1 Å². The largest absolute Gasteiger partial charge is 0.466 e. The van der Waals surface area contributed by atoms with Gasteiger partial charge >= 0.3 is 0 Å². The van der Waals surface area contributed by atoms with E-state index in [4.69, 9.17) is 9.47 Å². The van der Waals surface area contributed by atoms with Crippen molar-refractivity contribution in [3.63, 3.8) is 0 Å². The van der Waals surface area contributed by atoms with Crippen molar-refractivity contribution in [2.45, 2.75) is 12.8 Å². The zero-order valence-corrected chi connectivity index (χ0v) is 10.7. The van der Waals surface area contributed by atoms with Gasteiger partial charge in [-0.25, -0.2) is 0 Å². The van der Waals surface area contributed by atoms with E-state index in [-0.39, 0.29) is 12.5 Å². The highest BCUT2D eigenvalue weighted by Gasteiger charge is 2.21. The van der Waals surface area contributed by atoms with Crippen LogP contribution in [0.5, 0.6) is 5.75 Å². The van der Waals surface area contributed by atoms with Gasteiger partial charge in [0.25, 0.3) is 5.69 Å². The van der Waals surface area contributed by atoms with Crippen LogP contribution in [-0.4, -0.2) is 18.3 Å². The molecule has 0 aliphatic heterocycles. The van der Waals surface area contributed by atoms with E-state index in [1.165, 1.54) is 25.0 Å². The predicted molar refractivity (Wildman–Crippen MR) is 65.0 cm³/mol. The summed E-state index contributed by atoms with van der Waals surface area (Å²) in [7, 11) is 0. The Labute approximate surface area is 107 Å². The van der Waals surface area contributed by atoms with Crippen LogP contribution >= 0.6 is 15.9 Å². The van der Waals surface area contributed by atoms with Crippen LogP contribution in [0.3, 0.4) is 0 Å². The molecule has 1 fully saturated rings. The van der Waals surface area contributed by atoms with E-state index in [9.17, 15) is 10.1 Å². The van der Waals surface area contributed by atoms with E-state index in [1.54, 1.807) is 6.07 Å². The van der Waals surface area contributed by atoms with Crippen LogP contribution < -0.4 is 4.74 Å².